The minimum absolute atomic E-state index is 0.125. The zero-order chi connectivity index (χ0) is 15.2. The Bertz CT molecular complexity index is 364. The molecule has 120 valence electrons. The van der Waals surface area contributed by atoms with Crippen LogP contribution in [0.1, 0.15) is 71.6 Å². The zero-order valence-corrected chi connectivity index (χ0v) is 13.6. The molecule has 4 heteroatoms. The van der Waals surface area contributed by atoms with E-state index in [-0.39, 0.29) is 11.8 Å². The fraction of sp³-hybridized carbons (Fsp3) is 0.882. The summed E-state index contributed by atoms with van der Waals surface area (Å²) >= 11 is 0. The maximum Gasteiger partial charge on any atom is 0.224 e. The van der Waals surface area contributed by atoms with Gasteiger partial charge in [-0.25, -0.2) is 0 Å². The van der Waals surface area contributed by atoms with Gasteiger partial charge >= 0.3 is 0 Å². The van der Waals surface area contributed by atoms with E-state index in [9.17, 15) is 9.59 Å². The lowest BCUT2D eigenvalue weighted by Crippen LogP contribution is -2.45. The van der Waals surface area contributed by atoms with Crippen molar-refractivity contribution in [2.45, 2.75) is 83.7 Å². The van der Waals surface area contributed by atoms with Crippen LogP contribution in [0.5, 0.6) is 0 Å². The van der Waals surface area contributed by atoms with Crippen LogP contribution in [0.2, 0.25) is 0 Å². The number of rotatable bonds is 5. The van der Waals surface area contributed by atoms with Crippen molar-refractivity contribution in [2.24, 2.45) is 0 Å². The van der Waals surface area contributed by atoms with E-state index in [0.717, 1.165) is 38.6 Å². The van der Waals surface area contributed by atoms with Gasteiger partial charge in [0.2, 0.25) is 11.8 Å². The summed E-state index contributed by atoms with van der Waals surface area (Å²) in [5, 5.41) is 0. The van der Waals surface area contributed by atoms with E-state index in [4.69, 9.17) is 0 Å². The predicted octanol–water partition coefficient (Wildman–Crippen LogP) is 2.96. The van der Waals surface area contributed by atoms with Gasteiger partial charge in [0.25, 0.3) is 0 Å². The molecular weight excluding hydrogens is 264 g/mol. The molecule has 1 saturated carbocycles. The van der Waals surface area contributed by atoms with Crippen molar-refractivity contribution in [2.75, 3.05) is 13.1 Å². The van der Waals surface area contributed by atoms with Crippen molar-refractivity contribution in [1.82, 2.24) is 9.80 Å². The average molecular weight is 294 g/mol. The van der Waals surface area contributed by atoms with Gasteiger partial charge in [-0.1, -0.05) is 19.8 Å². The molecule has 1 unspecified atom stereocenters. The Labute approximate surface area is 128 Å². The van der Waals surface area contributed by atoms with Crippen molar-refractivity contribution >= 4 is 11.8 Å². The van der Waals surface area contributed by atoms with Crippen molar-refractivity contribution in [1.29, 1.82) is 0 Å². The quantitative estimate of drug-likeness (QED) is 0.782. The molecule has 2 rings (SSSR count). The molecular formula is C17H30N2O2. The highest BCUT2D eigenvalue weighted by Crippen LogP contribution is 2.24. The van der Waals surface area contributed by atoms with E-state index in [0.29, 0.717) is 25.0 Å². The third kappa shape index (κ3) is 4.21. The fourth-order valence-electron chi connectivity index (χ4n) is 3.93. The maximum atomic E-state index is 12.5. The number of carbonyl (C=O) groups excluding carboxylic acids is 2. The fourth-order valence-corrected chi connectivity index (χ4v) is 3.93. The summed E-state index contributed by atoms with van der Waals surface area (Å²) in [5.74, 6) is 0.367. The lowest BCUT2D eigenvalue weighted by atomic mass is 9.99. The highest BCUT2D eigenvalue weighted by molar-refractivity contribution is 5.78. The number of piperidine rings is 1. The van der Waals surface area contributed by atoms with Gasteiger partial charge < -0.3 is 9.80 Å². The van der Waals surface area contributed by atoms with Crippen molar-refractivity contribution in [3.8, 4) is 0 Å². The molecule has 0 bridgehead atoms. The van der Waals surface area contributed by atoms with Crippen LogP contribution < -0.4 is 0 Å². The van der Waals surface area contributed by atoms with Crippen LogP contribution in [-0.4, -0.2) is 46.8 Å². The summed E-state index contributed by atoms with van der Waals surface area (Å²) in [4.78, 5) is 28.3. The molecule has 0 N–H and O–H groups in total. The van der Waals surface area contributed by atoms with Crippen LogP contribution in [0, 0.1) is 0 Å². The van der Waals surface area contributed by atoms with E-state index in [1.807, 2.05) is 4.90 Å². The van der Waals surface area contributed by atoms with Gasteiger partial charge in [-0.3, -0.25) is 9.59 Å². The molecule has 0 aromatic rings. The van der Waals surface area contributed by atoms with Crippen LogP contribution in [0.25, 0.3) is 0 Å². The normalized spacial score (nSPS) is 23.3. The number of carbonyl (C=O) groups is 2. The summed E-state index contributed by atoms with van der Waals surface area (Å²) in [6, 6.07) is 0.794. The molecule has 2 fully saturated rings. The predicted molar refractivity (Wildman–Crippen MR) is 83.9 cm³/mol. The lowest BCUT2D eigenvalue weighted by molar-refractivity contribution is -0.137. The average Bonchev–Trinajstić information content (AvgIpc) is 3.01. The molecule has 1 heterocycles. The Morgan fingerprint density at radius 2 is 1.76 bits per heavy atom. The standard InChI is InChI=1S/C17H30N2O2/c1-3-15-8-6-7-12-19(15)17(21)11-13-18(14(2)20)16-9-4-5-10-16/h15-16H,3-13H2,1-2H3. The van der Waals surface area contributed by atoms with Crippen LogP contribution in [0.3, 0.4) is 0 Å². The molecule has 2 amide bonds. The minimum Gasteiger partial charge on any atom is -0.340 e. The Morgan fingerprint density at radius 1 is 1.10 bits per heavy atom. The number of likely N-dealkylation sites (tertiary alicyclic amines) is 1. The number of hydrogen-bond acceptors (Lipinski definition) is 2. The smallest absolute Gasteiger partial charge is 0.224 e. The molecule has 0 radical (unpaired) electrons. The molecule has 2 aliphatic rings. The van der Waals surface area contributed by atoms with Crippen molar-refractivity contribution in [3.05, 3.63) is 0 Å². The van der Waals surface area contributed by atoms with Gasteiger partial charge in [-0.05, 0) is 38.5 Å². The second-order valence-electron chi connectivity index (χ2n) is 6.55. The third-order valence-electron chi connectivity index (χ3n) is 5.16. The SMILES string of the molecule is CCC1CCCCN1C(=O)CCN(C(C)=O)C1CCCC1. The van der Waals surface area contributed by atoms with Crippen molar-refractivity contribution < 1.29 is 9.59 Å². The van der Waals surface area contributed by atoms with E-state index >= 15 is 0 Å². The summed E-state index contributed by atoms with van der Waals surface area (Å²) in [7, 11) is 0. The summed E-state index contributed by atoms with van der Waals surface area (Å²) in [5.41, 5.74) is 0. The summed E-state index contributed by atoms with van der Waals surface area (Å²) in [6.07, 6.45) is 9.69. The number of nitrogens with zero attached hydrogens (tertiary/aromatic N) is 2. The minimum atomic E-state index is 0.125. The van der Waals surface area contributed by atoms with Gasteiger partial charge in [-0.15, -0.1) is 0 Å². The van der Waals surface area contributed by atoms with Gasteiger partial charge in [0, 0.05) is 38.5 Å². The number of amides is 2. The molecule has 0 aromatic carbocycles. The molecule has 0 spiro atoms. The van der Waals surface area contributed by atoms with Crippen LogP contribution in [0.4, 0.5) is 0 Å². The molecule has 4 nitrogen and oxygen atoms in total. The maximum absolute atomic E-state index is 12.5. The molecule has 1 atom stereocenters. The highest BCUT2D eigenvalue weighted by atomic mass is 16.2. The van der Waals surface area contributed by atoms with E-state index in [2.05, 4.69) is 11.8 Å². The van der Waals surface area contributed by atoms with Gasteiger partial charge in [0.05, 0.1) is 0 Å². The van der Waals surface area contributed by atoms with Crippen LogP contribution in [-0.2, 0) is 9.59 Å². The molecule has 1 aliphatic heterocycles. The first-order valence-electron chi connectivity index (χ1n) is 8.70. The van der Waals surface area contributed by atoms with E-state index in [1.54, 1.807) is 6.92 Å². The van der Waals surface area contributed by atoms with Gasteiger partial charge in [0.1, 0.15) is 0 Å². The largest absolute Gasteiger partial charge is 0.340 e. The van der Waals surface area contributed by atoms with Crippen LogP contribution in [0.15, 0.2) is 0 Å². The Morgan fingerprint density at radius 3 is 2.38 bits per heavy atom. The third-order valence-corrected chi connectivity index (χ3v) is 5.16. The Balaban J connectivity index is 1.87. The zero-order valence-electron chi connectivity index (χ0n) is 13.6. The van der Waals surface area contributed by atoms with Gasteiger partial charge in [0.15, 0.2) is 0 Å². The first-order chi connectivity index (χ1) is 10.1. The van der Waals surface area contributed by atoms with E-state index in [1.165, 1.54) is 19.3 Å². The second kappa shape index (κ2) is 7.81. The lowest BCUT2D eigenvalue weighted by Gasteiger charge is -2.36. The second-order valence-corrected chi connectivity index (χ2v) is 6.55. The topological polar surface area (TPSA) is 40.6 Å². The monoisotopic (exact) mass is 294 g/mol. The molecule has 1 saturated heterocycles. The van der Waals surface area contributed by atoms with Crippen LogP contribution >= 0.6 is 0 Å². The Hall–Kier alpha value is -1.06. The molecule has 21 heavy (non-hydrogen) atoms. The summed E-state index contributed by atoms with van der Waals surface area (Å²) < 4.78 is 0. The first-order valence-corrected chi connectivity index (χ1v) is 8.70. The first kappa shape index (κ1) is 16.3. The molecule has 0 aromatic heterocycles. The van der Waals surface area contributed by atoms with Gasteiger partial charge in [-0.2, -0.15) is 0 Å². The highest BCUT2D eigenvalue weighted by Gasteiger charge is 2.28. The van der Waals surface area contributed by atoms with Crippen molar-refractivity contribution in [3.63, 3.8) is 0 Å². The molecule has 1 aliphatic carbocycles. The van der Waals surface area contributed by atoms with E-state index < -0.39 is 0 Å². The number of hydrogen-bond donors (Lipinski definition) is 0. The Kier molecular flexibility index (Phi) is 6.07. The summed E-state index contributed by atoms with van der Waals surface area (Å²) in [6.45, 7) is 5.31.